The number of anilines is 2. The van der Waals surface area contributed by atoms with Crippen LogP contribution in [0.2, 0.25) is 0 Å². The predicted molar refractivity (Wildman–Crippen MR) is 76.3 cm³/mol. The maximum atomic E-state index is 11.9. The fraction of sp³-hybridized carbons (Fsp3) is 0. The van der Waals surface area contributed by atoms with Gasteiger partial charge in [0.15, 0.2) is 0 Å². The average molecular weight is 323 g/mol. The van der Waals surface area contributed by atoms with Crippen molar-refractivity contribution in [1.82, 2.24) is 0 Å². The lowest BCUT2D eigenvalue weighted by molar-refractivity contribution is 0.102. The third-order valence-electron chi connectivity index (χ3n) is 2.48. The van der Waals surface area contributed by atoms with Gasteiger partial charge in [0, 0.05) is 21.9 Å². The SMILES string of the molecule is Nc1ccc(NC(=O)c2ccc(O)cc2O)cc1Br. The Morgan fingerprint density at radius 2 is 1.89 bits per heavy atom. The number of rotatable bonds is 2. The minimum atomic E-state index is -0.478. The predicted octanol–water partition coefficient (Wildman–Crippen LogP) is 2.69. The quantitative estimate of drug-likeness (QED) is 0.639. The smallest absolute Gasteiger partial charge is 0.259 e. The van der Waals surface area contributed by atoms with Gasteiger partial charge in [0.2, 0.25) is 0 Å². The van der Waals surface area contributed by atoms with Crippen molar-refractivity contribution in [3.05, 3.63) is 46.4 Å². The Labute approximate surface area is 117 Å². The summed E-state index contributed by atoms with van der Waals surface area (Å²) in [5, 5.41) is 21.4. The van der Waals surface area contributed by atoms with Crippen LogP contribution in [0.1, 0.15) is 10.4 Å². The van der Waals surface area contributed by atoms with Crippen molar-refractivity contribution in [1.29, 1.82) is 0 Å². The van der Waals surface area contributed by atoms with E-state index in [1.54, 1.807) is 18.2 Å². The summed E-state index contributed by atoms with van der Waals surface area (Å²) >= 11 is 3.26. The lowest BCUT2D eigenvalue weighted by Crippen LogP contribution is -2.12. The first-order valence-electron chi connectivity index (χ1n) is 5.36. The van der Waals surface area contributed by atoms with Crippen LogP contribution < -0.4 is 11.1 Å². The van der Waals surface area contributed by atoms with E-state index in [2.05, 4.69) is 21.2 Å². The number of halogens is 1. The molecule has 1 amide bonds. The summed E-state index contributed by atoms with van der Waals surface area (Å²) in [5.41, 5.74) is 6.82. The first-order valence-corrected chi connectivity index (χ1v) is 6.15. The number of phenols is 2. The maximum Gasteiger partial charge on any atom is 0.259 e. The highest BCUT2D eigenvalue weighted by molar-refractivity contribution is 9.10. The summed E-state index contributed by atoms with van der Waals surface area (Å²) in [5.74, 6) is -0.870. The van der Waals surface area contributed by atoms with E-state index < -0.39 is 5.91 Å². The molecule has 0 aliphatic rings. The molecule has 0 spiro atoms. The Bertz CT molecular complexity index is 644. The molecule has 19 heavy (non-hydrogen) atoms. The van der Waals surface area contributed by atoms with Gasteiger partial charge in [-0.15, -0.1) is 0 Å². The van der Waals surface area contributed by atoms with E-state index in [9.17, 15) is 9.90 Å². The molecule has 0 aliphatic heterocycles. The van der Waals surface area contributed by atoms with Gasteiger partial charge in [-0.2, -0.15) is 0 Å². The van der Waals surface area contributed by atoms with Gasteiger partial charge in [-0.1, -0.05) is 0 Å². The van der Waals surface area contributed by atoms with Crippen molar-refractivity contribution >= 4 is 33.2 Å². The molecule has 0 fully saturated rings. The molecular formula is C13H11BrN2O3. The van der Waals surface area contributed by atoms with E-state index in [0.717, 1.165) is 6.07 Å². The monoisotopic (exact) mass is 322 g/mol. The normalized spacial score (nSPS) is 10.2. The number of aromatic hydroxyl groups is 2. The van der Waals surface area contributed by atoms with Crippen molar-refractivity contribution in [2.24, 2.45) is 0 Å². The van der Waals surface area contributed by atoms with E-state index in [0.29, 0.717) is 15.8 Å². The van der Waals surface area contributed by atoms with Gasteiger partial charge < -0.3 is 21.3 Å². The number of benzene rings is 2. The highest BCUT2D eigenvalue weighted by Crippen LogP contribution is 2.26. The molecule has 0 unspecified atom stereocenters. The van der Waals surface area contributed by atoms with E-state index in [1.807, 2.05) is 0 Å². The highest BCUT2D eigenvalue weighted by atomic mass is 79.9. The number of phenolic OH excluding ortho intramolecular Hbond substituents is 2. The zero-order valence-corrected chi connectivity index (χ0v) is 11.3. The average Bonchev–Trinajstić information content (AvgIpc) is 2.33. The summed E-state index contributed by atoms with van der Waals surface area (Å²) in [6, 6.07) is 8.73. The summed E-state index contributed by atoms with van der Waals surface area (Å²) in [7, 11) is 0. The Kier molecular flexibility index (Phi) is 3.62. The number of hydrogen-bond acceptors (Lipinski definition) is 4. The molecule has 0 saturated carbocycles. The zero-order valence-electron chi connectivity index (χ0n) is 9.72. The fourth-order valence-corrected chi connectivity index (χ4v) is 1.89. The van der Waals surface area contributed by atoms with Gasteiger partial charge in [-0.3, -0.25) is 4.79 Å². The van der Waals surface area contributed by atoms with Crippen molar-refractivity contribution in [2.45, 2.75) is 0 Å². The van der Waals surface area contributed by atoms with Crippen molar-refractivity contribution in [2.75, 3.05) is 11.1 Å². The van der Waals surface area contributed by atoms with E-state index in [4.69, 9.17) is 10.8 Å². The van der Waals surface area contributed by atoms with Crippen LogP contribution in [-0.4, -0.2) is 16.1 Å². The molecule has 5 N–H and O–H groups in total. The summed E-state index contributed by atoms with van der Waals surface area (Å²) in [4.78, 5) is 11.9. The van der Waals surface area contributed by atoms with Crippen LogP contribution in [0.4, 0.5) is 11.4 Å². The number of nitrogen functional groups attached to an aromatic ring is 1. The van der Waals surface area contributed by atoms with Gasteiger partial charge in [-0.05, 0) is 46.3 Å². The second-order valence-electron chi connectivity index (χ2n) is 3.89. The second kappa shape index (κ2) is 5.19. The molecule has 5 nitrogen and oxygen atoms in total. The van der Waals surface area contributed by atoms with E-state index in [1.165, 1.54) is 12.1 Å². The Morgan fingerprint density at radius 3 is 2.53 bits per heavy atom. The van der Waals surface area contributed by atoms with Crippen molar-refractivity contribution in [3.63, 3.8) is 0 Å². The van der Waals surface area contributed by atoms with Crippen LogP contribution in [0, 0.1) is 0 Å². The Morgan fingerprint density at radius 1 is 1.16 bits per heavy atom. The molecule has 0 heterocycles. The molecule has 2 rings (SSSR count). The van der Waals surface area contributed by atoms with E-state index in [-0.39, 0.29) is 17.1 Å². The van der Waals surface area contributed by atoms with Crippen molar-refractivity contribution in [3.8, 4) is 11.5 Å². The molecular weight excluding hydrogens is 312 g/mol. The van der Waals surface area contributed by atoms with E-state index >= 15 is 0 Å². The minimum Gasteiger partial charge on any atom is -0.508 e. The van der Waals surface area contributed by atoms with Crippen LogP contribution in [-0.2, 0) is 0 Å². The molecule has 6 heteroatoms. The largest absolute Gasteiger partial charge is 0.508 e. The van der Waals surface area contributed by atoms with Gasteiger partial charge in [0.1, 0.15) is 11.5 Å². The van der Waals surface area contributed by atoms with Gasteiger partial charge in [0.05, 0.1) is 5.56 Å². The lowest BCUT2D eigenvalue weighted by atomic mass is 10.1. The maximum absolute atomic E-state index is 11.9. The Hall–Kier alpha value is -2.21. The van der Waals surface area contributed by atoms with Gasteiger partial charge in [-0.25, -0.2) is 0 Å². The molecule has 2 aromatic carbocycles. The first-order chi connectivity index (χ1) is 8.97. The highest BCUT2D eigenvalue weighted by Gasteiger charge is 2.12. The number of carbonyl (C=O) groups is 1. The van der Waals surface area contributed by atoms with Gasteiger partial charge in [0.25, 0.3) is 5.91 Å². The summed E-state index contributed by atoms with van der Waals surface area (Å²) < 4.78 is 0.667. The number of amides is 1. The standard InChI is InChI=1S/C13H11BrN2O3/c14-10-5-7(1-4-11(10)15)16-13(19)9-3-2-8(17)6-12(9)18/h1-6,17-18H,15H2,(H,16,19). The van der Waals surface area contributed by atoms with Crippen LogP contribution in [0.5, 0.6) is 11.5 Å². The zero-order chi connectivity index (χ0) is 14.0. The molecule has 0 atom stereocenters. The minimum absolute atomic E-state index is 0.0748. The lowest BCUT2D eigenvalue weighted by Gasteiger charge is -2.08. The summed E-state index contributed by atoms with van der Waals surface area (Å²) in [6.07, 6.45) is 0. The molecule has 0 aliphatic carbocycles. The molecule has 0 aromatic heterocycles. The third-order valence-corrected chi connectivity index (χ3v) is 3.17. The van der Waals surface area contributed by atoms with Crippen molar-refractivity contribution < 1.29 is 15.0 Å². The molecule has 2 aromatic rings. The number of nitrogens with one attached hydrogen (secondary N) is 1. The first kappa shape index (κ1) is 13.2. The molecule has 0 saturated heterocycles. The molecule has 98 valence electrons. The van der Waals surface area contributed by atoms with Crippen LogP contribution >= 0.6 is 15.9 Å². The number of nitrogens with two attached hydrogens (primary N) is 1. The van der Waals surface area contributed by atoms with Crippen LogP contribution in [0.25, 0.3) is 0 Å². The summed E-state index contributed by atoms with van der Waals surface area (Å²) in [6.45, 7) is 0. The third kappa shape index (κ3) is 2.97. The Balaban J connectivity index is 2.23. The van der Waals surface area contributed by atoms with Crippen LogP contribution in [0.15, 0.2) is 40.9 Å². The van der Waals surface area contributed by atoms with Gasteiger partial charge >= 0.3 is 0 Å². The molecule has 0 radical (unpaired) electrons. The fourth-order valence-electron chi connectivity index (χ4n) is 1.52. The molecule has 0 bridgehead atoms. The van der Waals surface area contributed by atoms with Crippen LogP contribution in [0.3, 0.4) is 0 Å². The number of hydrogen-bond donors (Lipinski definition) is 4. The second-order valence-corrected chi connectivity index (χ2v) is 4.75. The topological polar surface area (TPSA) is 95.6 Å². The number of carbonyl (C=O) groups excluding carboxylic acids is 1.